The Labute approximate surface area is 254 Å². The number of benzene rings is 3. The first-order valence-electron chi connectivity index (χ1n) is 14.5. The summed E-state index contributed by atoms with van der Waals surface area (Å²) in [5, 5.41) is 13.2. The Morgan fingerprint density at radius 2 is 1.58 bits per heavy atom. The van der Waals surface area contributed by atoms with Crippen molar-refractivity contribution in [3.05, 3.63) is 138 Å². The predicted molar refractivity (Wildman–Crippen MR) is 176 cm³/mol. The van der Waals surface area contributed by atoms with Crippen LogP contribution in [-0.4, -0.2) is 54.7 Å². The molecule has 3 aromatic rings. The highest BCUT2D eigenvalue weighted by Gasteiger charge is 2.29. The number of amides is 1. The van der Waals surface area contributed by atoms with Gasteiger partial charge in [-0.15, -0.1) is 0 Å². The normalized spacial score (nSPS) is 15.1. The van der Waals surface area contributed by atoms with Crippen LogP contribution < -0.4 is 4.90 Å². The molecule has 3 aromatic carbocycles. The van der Waals surface area contributed by atoms with E-state index >= 15 is 0 Å². The van der Waals surface area contributed by atoms with E-state index in [1.807, 2.05) is 79.4 Å². The Balaban J connectivity index is 1.61. The number of esters is 1. The molecule has 0 atom stereocenters. The van der Waals surface area contributed by atoms with Gasteiger partial charge in [0.15, 0.2) is 0 Å². The molecule has 0 saturated carbocycles. The lowest BCUT2D eigenvalue weighted by Gasteiger charge is -2.40. The predicted octanol–water partition coefficient (Wildman–Crippen LogP) is 7.81. The van der Waals surface area contributed by atoms with E-state index in [4.69, 9.17) is 4.74 Å². The summed E-state index contributed by atoms with van der Waals surface area (Å²) in [7, 11) is 1.37. The number of aliphatic hydroxyl groups is 1. The zero-order chi connectivity index (χ0) is 30.9. The molecule has 1 aliphatic rings. The number of methoxy groups -OCH3 is 1. The first-order chi connectivity index (χ1) is 20.8. The van der Waals surface area contributed by atoms with Crippen molar-refractivity contribution < 1.29 is 19.4 Å². The molecular weight excluding hydrogens is 536 g/mol. The van der Waals surface area contributed by atoms with Crippen LogP contribution >= 0.6 is 0 Å². The molecule has 0 aliphatic carbocycles. The van der Waals surface area contributed by atoms with Crippen LogP contribution in [0.15, 0.2) is 127 Å². The minimum absolute atomic E-state index is 0.0190. The van der Waals surface area contributed by atoms with Gasteiger partial charge in [0.25, 0.3) is 5.91 Å². The quantitative estimate of drug-likeness (QED) is 0.151. The number of hydrogen-bond acceptors (Lipinski definition) is 5. The van der Waals surface area contributed by atoms with Crippen LogP contribution in [0.4, 0.5) is 5.69 Å². The zero-order valence-corrected chi connectivity index (χ0v) is 25.3. The van der Waals surface area contributed by atoms with E-state index in [1.165, 1.54) is 7.11 Å². The van der Waals surface area contributed by atoms with Crippen molar-refractivity contribution in [3.63, 3.8) is 0 Å². The number of hydrogen-bond donors (Lipinski definition) is 1. The van der Waals surface area contributed by atoms with E-state index in [0.717, 1.165) is 53.5 Å². The van der Waals surface area contributed by atoms with E-state index in [0.29, 0.717) is 16.7 Å². The topological polar surface area (TPSA) is 70.1 Å². The number of ether oxygens (including phenoxy) is 1. The lowest BCUT2D eigenvalue weighted by Crippen LogP contribution is -2.48. The van der Waals surface area contributed by atoms with Crippen LogP contribution in [0.3, 0.4) is 0 Å². The van der Waals surface area contributed by atoms with Gasteiger partial charge in [0, 0.05) is 36.9 Å². The van der Waals surface area contributed by atoms with Gasteiger partial charge < -0.3 is 19.6 Å². The number of anilines is 1. The molecule has 1 heterocycles. The number of allylic oxidation sites excluding steroid dienone is 6. The standard InChI is InChI=1S/C37H40N2O4/c1-6-27(7-2)28(8-3)24-35(40)26(4)25-39(36(41)32-14-13-29-11-9-10-12-31(29)23-32)34-19-21-38(22-20-34)33-17-15-30(16-18-33)37(42)43-5/h6-18,23-24,34,40H,1,3,19-22,25H2,2,4-5H3/b27-7+,28-24+,35-26-. The van der Waals surface area contributed by atoms with Crippen molar-refractivity contribution >= 4 is 28.3 Å². The highest BCUT2D eigenvalue weighted by atomic mass is 16.5. The van der Waals surface area contributed by atoms with Crippen LogP contribution in [0.25, 0.3) is 10.8 Å². The molecule has 0 unspecified atom stereocenters. The Morgan fingerprint density at radius 3 is 2.19 bits per heavy atom. The molecule has 222 valence electrons. The summed E-state index contributed by atoms with van der Waals surface area (Å²) in [5.74, 6) is -0.316. The maximum absolute atomic E-state index is 14.1. The molecule has 6 nitrogen and oxygen atoms in total. The third-order valence-electron chi connectivity index (χ3n) is 8.04. The van der Waals surface area contributed by atoms with Gasteiger partial charge in [-0.25, -0.2) is 4.79 Å². The SMILES string of the molecule is C=CC(=C\C)/C(C=C)=C/C(O)=C(\C)CN(C(=O)c1ccc2ccccc2c1)C1CCN(c2ccc(C(=O)OC)cc2)CC1. The first kappa shape index (κ1) is 31.1. The van der Waals surface area contributed by atoms with E-state index < -0.39 is 0 Å². The molecule has 1 fully saturated rings. The third-order valence-corrected chi connectivity index (χ3v) is 8.04. The summed E-state index contributed by atoms with van der Waals surface area (Å²) in [6.45, 7) is 13.3. The second-order valence-corrected chi connectivity index (χ2v) is 10.7. The molecule has 0 bridgehead atoms. The van der Waals surface area contributed by atoms with Gasteiger partial charge in [0.1, 0.15) is 5.76 Å². The lowest BCUT2D eigenvalue weighted by molar-refractivity contribution is 0.0600. The molecule has 1 saturated heterocycles. The average molecular weight is 577 g/mol. The second kappa shape index (κ2) is 14.4. The number of fused-ring (bicyclic) bond motifs is 1. The van der Waals surface area contributed by atoms with E-state index in [9.17, 15) is 14.7 Å². The zero-order valence-electron chi connectivity index (χ0n) is 25.3. The fourth-order valence-electron chi connectivity index (χ4n) is 5.49. The summed E-state index contributed by atoms with van der Waals surface area (Å²) in [5.41, 5.74) is 4.47. The summed E-state index contributed by atoms with van der Waals surface area (Å²) >= 11 is 0. The highest BCUT2D eigenvalue weighted by Crippen LogP contribution is 2.27. The number of nitrogens with zero attached hydrogens (tertiary/aromatic N) is 2. The van der Waals surface area contributed by atoms with Crippen LogP contribution in [-0.2, 0) is 4.74 Å². The van der Waals surface area contributed by atoms with Crippen molar-refractivity contribution in [1.82, 2.24) is 4.90 Å². The number of aliphatic hydroxyl groups excluding tert-OH is 1. The summed E-state index contributed by atoms with van der Waals surface area (Å²) < 4.78 is 4.82. The van der Waals surface area contributed by atoms with E-state index in [2.05, 4.69) is 18.1 Å². The third kappa shape index (κ3) is 7.33. The molecule has 1 N–H and O–H groups in total. The van der Waals surface area contributed by atoms with Crippen LogP contribution in [0, 0.1) is 0 Å². The van der Waals surface area contributed by atoms with Gasteiger partial charge in [0.05, 0.1) is 12.7 Å². The molecular formula is C37H40N2O4. The first-order valence-corrected chi connectivity index (χ1v) is 14.5. The number of rotatable bonds is 10. The maximum Gasteiger partial charge on any atom is 0.337 e. The van der Waals surface area contributed by atoms with E-state index in [1.54, 1.807) is 30.4 Å². The van der Waals surface area contributed by atoms with Gasteiger partial charge in [-0.05, 0) is 96.7 Å². The molecule has 0 spiro atoms. The van der Waals surface area contributed by atoms with Crippen molar-refractivity contribution in [1.29, 1.82) is 0 Å². The van der Waals surface area contributed by atoms with Crippen molar-refractivity contribution in [3.8, 4) is 0 Å². The molecule has 1 aliphatic heterocycles. The largest absolute Gasteiger partial charge is 0.508 e. The van der Waals surface area contributed by atoms with Crippen molar-refractivity contribution in [2.75, 3.05) is 31.6 Å². The molecule has 43 heavy (non-hydrogen) atoms. The Hall–Kier alpha value is -4.84. The summed E-state index contributed by atoms with van der Waals surface area (Å²) in [4.78, 5) is 30.1. The maximum atomic E-state index is 14.1. The fraction of sp³-hybridized carbons (Fsp3) is 0.243. The Morgan fingerprint density at radius 1 is 0.953 bits per heavy atom. The molecule has 0 aromatic heterocycles. The van der Waals surface area contributed by atoms with Crippen molar-refractivity contribution in [2.24, 2.45) is 0 Å². The molecule has 4 rings (SSSR count). The van der Waals surface area contributed by atoms with Crippen LogP contribution in [0.2, 0.25) is 0 Å². The number of carbonyl (C=O) groups is 2. The number of carbonyl (C=O) groups excluding carboxylic acids is 2. The Kier molecular flexibility index (Phi) is 10.4. The van der Waals surface area contributed by atoms with Crippen LogP contribution in [0.5, 0.6) is 0 Å². The summed E-state index contributed by atoms with van der Waals surface area (Å²) in [6.07, 6.45) is 8.53. The van der Waals surface area contributed by atoms with Gasteiger partial charge in [0.2, 0.25) is 0 Å². The Bertz CT molecular complexity index is 1590. The molecule has 6 heteroatoms. The van der Waals surface area contributed by atoms with Gasteiger partial charge in [-0.3, -0.25) is 4.79 Å². The van der Waals surface area contributed by atoms with Gasteiger partial charge >= 0.3 is 5.97 Å². The highest BCUT2D eigenvalue weighted by molar-refractivity contribution is 5.99. The average Bonchev–Trinajstić information content (AvgIpc) is 3.06. The monoisotopic (exact) mass is 576 g/mol. The minimum atomic E-state index is -0.360. The smallest absolute Gasteiger partial charge is 0.337 e. The van der Waals surface area contributed by atoms with E-state index in [-0.39, 0.29) is 30.2 Å². The lowest BCUT2D eigenvalue weighted by atomic mass is 9.99. The van der Waals surface area contributed by atoms with Gasteiger partial charge in [-0.2, -0.15) is 0 Å². The molecule has 1 amide bonds. The van der Waals surface area contributed by atoms with Gasteiger partial charge in [-0.1, -0.05) is 61.7 Å². The molecule has 0 radical (unpaired) electrons. The van der Waals surface area contributed by atoms with Crippen molar-refractivity contribution in [2.45, 2.75) is 32.7 Å². The van der Waals surface area contributed by atoms with Crippen LogP contribution in [0.1, 0.15) is 47.4 Å². The number of piperidine rings is 1. The second-order valence-electron chi connectivity index (χ2n) is 10.7. The minimum Gasteiger partial charge on any atom is -0.508 e. The summed E-state index contributed by atoms with van der Waals surface area (Å²) in [6, 6.07) is 21.2. The fourth-order valence-corrected chi connectivity index (χ4v) is 5.49.